The lowest BCUT2D eigenvalue weighted by Gasteiger charge is -2.16. The van der Waals surface area contributed by atoms with Crippen molar-refractivity contribution < 1.29 is 0 Å². The van der Waals surface area contributed by atoms with E-state index >= 15 is 0 Å². The second-order valence-electron chi connectivity index (χ2n) is 3.74. The first-order chi connectivity index (χ1) is 9.38. The fraction of sp³-hybridized carbons (Fsp3) is 0. The molecule has 0 heterocycles. The molecule has 0 amide bonds. The second kappa shape index (κ2) is 7.33. The molecular formula is C12H6Br5ClN2. The molecule has 8 heteroatoms. The zero-order valence-electron chi connectivity index (χ0n) is 9.58. The highest BCUT2D eigenvalue weighted by molar-refractivity contribution is 9.12. The van der Waals surface area contributed by atoms with Crippen LogP contribution in [0.1, 0.15) is 0 Å². The first kappa shape index (κ1) is 17.1. The molecule has 20 heavy (non-hydrogen) atoms. The minimum absolute atomic E-state index is 0.653. The molecule has 0 aliphatic rings. The zero-order chi connectivity index (χ0) is 14.9. The summed E-state index contributed by atoms with van der Waals surface area (Å²) in [4.78, 5) is 0. The molecule has 0 aliphatic heterocycles. The normalized spacial score (nSPS) is 10.5. The average Bonchev–Trinajstić information content (AvgIpc) is 2.30. The maximum atomic E-state index is 5.98. The number of halogens is 6. The standard InChI is InChI=1S/C12H6Br5ClN2/c13-5-1-7(14)11(8(15)2-5)19-20-12-9(16)3-6(18)4-10(12)17/h1-4,19-20H. The molecule has 0 atom stereocenters. The first-order valence-electron chi connectivity index (χ1n) is 5.19. The summed E-state index contributed by atoms with van der Waals surface area (Å²) in [5, 5.41) is 0.653. The lowest BCUT2D eigenvalue weighted by molar-refractivity contribution is 1.36. The molecule has 0 spiro atoms. The van der Waals surface area contributed by atoms with E-state index < -0.39 is 0 Å². The maximum absolute atomic E-state index is 5.98. The highest BCUT2D eigenvalue weighted by Gasteiger charge is 2.10. The van der Waals surface area contributed by atoms with Crippen molar-refractivity contribution in [3.8, 4) is 0 Å². The number of anilines is 2. The van der Waals surface area contributed by atoms with Gasteiger partial charge in [0.2, 0.25) is 0 Å². The Bertz CT molecular complexity index is 559. The van der Waals surface area contributed by atoms with Gasteiger partial charge in [0.15, 0.2) is 0 Å². The van der Waals surface area contributed by atoms with Crippen molar-refractivity contribution in [2.24, 2.45) is 0 Å². The SMILES string of the molecule is Clc1cc(Br)c(NNc2c(Br)cc(Br)cc2Br)c(Br)c1. The Morgan fingerprint density at radius 3 is 1.40 bits per heavy atom. The third-order valence-corrected chi connectivity index (χ3v) is 5.50. The maximum Gasteiger partial charge on any atom is 0.0824 e. The fourth-order valence-electron chi connectivity index (χ4n) is 1.45. The third-order valence-electron chi connectivity index (χ3n) is 2.33. The molecule has 2 nitrogen and oxygen atoms in total. The largest absolute Gasteiger partial charge is 0.299 e. The van der Waals surface area contributed by atoms with Crippen LogP contribution in [-0.4, -0.2) is 0 Å². The number of benzene rings is 2. The van der Waals surface area contributed by atoms with Gasteiger partial charge >= 0.3 is 0 Å². The quantitative estimate of drug-likeness (QED) is 0.349. The molecule has 2 aromatic carbocycles. The lowest BCUT2D eigenvalue weighted by Crippen LogP contribution is -2.10. The van der Waals surface area contributed by atoms with E-state index in [4.69, 9.17) is 11.6 Å². The molecule has 2 rings (SSSR count). The van der Waals surface area contributed by atoms with Gasteiger partial charge in [-0.3, -0.25) is 10.9 Å². The summed E-state index contributed by atoms with van der Waals surface area (Å²) in [5.74, 6) is 0. The number of rotatable bonds is 3. The molecule has 0 fully saturated rings. The van der Waals surface area contributed by atoms with E-state index in [9.17, 15) is 0 Å². The van der Waals surface area contributed by atoms with Crippen molar-refractivity contribution in [1.82, 2.24) is 0 Å². The molecule has 0 aromatic heterocycles. The van der Waals surface area contributed by atoms with Gasteiger partial charge in [0.05, 0.1) is 11.4 Å². The van der Waals surface area contributed by atoms with Gasteiger partial charge in [-0.05, 0) is 88.0 Å². The number of hydrogen-bond donors (Lipinski definition) is 2. The summed E-state index contributed by atoms with van der Waals surface area (Å²) in [5.41, 5.74) is 8.05. The monoisotopic (exact) mass is 608 g/mol. The van der Waals surface area contributed by atoms with Crippen LogP contribution in [0.25, 0.3) is 0 Å². The van der Waals surface area contributed by atoms with Gasteiger partial charge in [-0.1, -0.05) is 27.5 Å². The van der Waals surface area contributed by atoms with Crippen LogP contribution in [0.2, 0.25) is 5.02 Å². The highest BCUT2D eigenvalue weighted by Crippen LogP contribution is 2.37. The molecular weight excluding hydrogens is 607 g/mol. The van der Waals surface area contributed by atoms with Crippen LogP contribution >= 0.6 is 91.3 Å². The van der Waals surface area contributed by atoms with Crippen molar-refractivity contribution in [1.29, 1.82) is 0 Å². The summed E-state index contributed by atoms with van der Waals surface area (Å²) >= 11 is 23.4. The van der Waals surface area contributed by atoms with Crippen molar-refractivity contribution in [3.63, 3.8) is 0 Å². The van der Waals surface area contributed by atoms with Gasteiger partial charge in [-0.2, -0.15) is 0 Å². The molecule has 0 bridgehead atoms. The van der Waals surface area contributed by atoms with Crippen LogP contribution in [0.5, 0.6) is 0 Å². The molecule has 0 saturated carbocycles. The van der Waals surface area contributed by atoms with Crippen LogP contribution < -0.4 is 10.9 Å². The zero-order valence-corrected chi connectivity index (χ0v) is 18.3. The van der Waals surface area contributed by atoms with Gasteiger partial charge in [0.1, 0.15) is 0 Å². The number of nitrogens with one attached hydrogen (secondary N) is 2. The van der Waals surface area contributed by atoms with E-state index in [1.807, 2.05) is 24.3 Å². The minimum Gasteiger partial charge on any atom is -0.299 e. The van der Waals surface area contributed by atoms with Crippen LogP contribution in [0, 0.1) is 0 Å². The summed E-state index contributed by atoms with van der Waals surface area (Å²) in [6.45, 7) is 0. The van der Waals surface area contributed by atoms with Crippen LogP contribution in [0.4, 0.5) is 11.4 Å². The van der Waals surface area contributed by atoms with E-state index in [0.29, 0.717) is 5.02 Å². The van der Waals surface area contributed by atoms with Crippen molar-refractivity contribution in [2.45, 2.75) is 0 Å². The second-order valence-corrected chi connectivity index (χ2v) is 8.51. The van der Waals surface area contributed by atoms with Gasteiger partial charge in [-0.25, -0.2) is 0 Å². The Morgan fingerprint density at radius 2 is 1.00 bits per heavy atom. The molecule has 2 aromatic rings. The fourth-order valence-corrected chi connectivity index (χ4v) is 5.77. The highest BCUT2D eigenvalue weighted by atomic mass is 79.9. The van der Waals surface area contributed by atoms with Gasteiger partial charge < -0.3 is 0 Å². The molecule has 106 valence electrons. The van der Waals surface area contributed by atoms with Crippen LogP contribution in [-0.2, 0) is 0 Å². The predicted octanol–water partition coefficient (Wildman–Crippen LogP) is 7.59. The van der Waals surface area contributed by atoms with E-state index in [1.54, 1.807) is 0 Å². The van der Waals surface area contributed by atoms with Crippen molar-refractivity contribution in [3.05, 3.63) is 51.7 Å². The van der Waals surface area contributed by atoms with Gasteiger partial charge in [0.25, 0.3) is 0 Å². The summed E-state index contributed by atoms with van der Waals surface area (Å²) < 4.78 is 4.54. The molecule has 0 radical (unpaired) electrons. The Balaban J connectivity index is 2.26. The van der Waals surface area contributed by atoms with E-state index in [-0.39, 0.29) is 0 Å². The lowest BCUT2D eigenvalue weighted by atomic mass is 10.3. The topological polar surface area (TPSA) is 24.1 Å². The first-order valence-corrected chi connectivity index (χ1v) is 9.54. The van der Waals surface area contributed by atoms with Gasteiger partial charge in [0, 0.05) is 27.4 Å². The van der Waals surface area contributed by atoms with E-state index in [2.05, 4.69) is 90.5 Å². The Hall–Kier alpha value is 0.730. The van der Waals surface area contributed by atoms with Gasteiger partial charge in [-0.15, -0.1) is 0 Å². The molecule has 2 N–H and O–H groups in total. The molecule has 0 aliphatic carbocycles. The average molecular weight is 613 g/mol. The van der Waals surface area contributed by atoms with Crippen molar-refractivity contribution in [2.75, 3.05) is 10.9 Å². The van der Waals surface area contributed by atoms with Crippen LogP contribution in [0.3, 0.4) is 0 Å². The number of hydrogen-bond acceptors (Lipinski definition) is 2. The smallest absolute Gasteiger partial charge is 0.0824 e. The summed E-state index contributed by atoms with van der Waals surface area (Å²) in [6, 6.07) is 7.56. The summed E-state index contributed by atoms with van der Waals surface area (Å²) in [6.07, 6.45) is 0. The molecule has 0 saturated heterocycles. The van der Waals surface area contributed by atoms with Crippen molar-refractivity contribution >= 4 is 103 Å². The van der Waals surface area contributed by atoms with Crippen LogP contribution in [0.15, 0.2) is 46.6 Å². The minimum atomic E-state index is 0.653. The Kier molecular flexibility index (Phi) is 6.26. The predicted molar refractivity (Wildman–Crippen MR) is 104 cm³/mol. The van der Waals surface area contributed by atoms with E-state index in [1.165, 1.54) is 0 Å². The third kappa shape index (κ3) is 4.14. The molecule has 0 unspecified atom stereocenters. The number of hydrazine groups is 1. The Morgan fingerprint density at radius 1 is 0.650 bits per heavy atom. The Labute approximate surface area is 163 Å². The summed E-state index contributed by atoms with van der Waals surface area (Å²) in [7, 11) is 0. The van der Waals surface area contributed by atoms with E-state index in [0.717, 1.165) is 33.7 Å².